The van der Waals surface area contributed by atoms with Crippen molar-refractivity contribution < 1.29 is 13.2 Å². The summed E-state index contributed by atoms with van der Waals surface area (Å²) in [5, 5.41) is 1.79. The molecule has 5 heteroatoms. The normalized spacial score (nSPS) is 11.5. The number of nitrogens with zero attached hydrogens (tertiary/aromatic N) is 1. The van der Waals surface area contributed by atoms with Gasteiger partial charge in [0.1, 0.15) is 12.4 Å². The van der Waals surface area contributed by atoms with E-state index in [9.17, 15) is 8.42 Å². The second-order valence-corrected chi connectivity index (χ2v) is 7.35. The number of hydrogen-bond donors (Lipinski definition) is 0. The minimum atomic E-state index is -3.81. The third-order valence-electron chi connectivity index (χ3n) is 3.88. The first-order chi connectivity index (χ1) is 12.5. The largest absolute Gasteiger partial charge is 0.480 e. The molecule has 0 aliphatic heterocycles. The van der Waals surface area contributed by atoms with Gasteiger partial charge in [0.2, 0.25) is 0 Å². The molecule has 0 heterocycles. The molecule has 0 N–H and O–H groups in total. The quantitative estimate of drug-likeness (QED) is 0.509. The number of hydrogen-bond acceptors (Lipinski definition) is 3. The van der Waals surface area contributed by atoms with Gasteiger partial charge in [-0.2, -0.15) is 12.8 Å². The zero-order valence-corrected chi connectivity index (χ0v) is 15.0. The Bertz CT molecular complexity index is 1110. The van der Waals surface area contributed by atoms with Crippen LogP contribution >= 0.6 is 0 Å². The van der Waals surface area contributed by atoms with Crippen LogP contribution in [-0.2, 0) is 10.0 Å². The van der Waals surface area contributed by atoms with E-state index in [2.05, 4.69) is 10.3 Å². The first-order valence-electron chi connectivity index (χ1n) is 7.96. The molecule has 3 aromatic rings. The highest BCUT2D eigenvalue weighted by Crippen LogP contribution is 2.27. The van der Waals surface area contributed by atoms with Crippen molar-refractivity contribution in [3.63, 3.8) is 0 Å². The first-order valence-corrected chi connectivity index (χ1v) is 9.40. The van der Waals surface area contributed by atoms with Crippen molar-refractivity contribution in [2.45, 2.75) is 11.8 Å². The van der Waals surface area contributed by atoms with Gasteiger partial charge in [-0.25, -0.2) is 0 Å². The predicted octanol–water partition coefficient (Wildman–Crippen LogP) is 3.97. The highest BCUT2D eigenvalue weighted by molar-refractivity contribution is 7.90. The monoisotopic (exact) mass is 363 g/mol. The van der Waals surface area contributed by atoms with Crippen LogP contribution in [0.2, 0.25) is 0 Å². The van der Waals surface area contributed by atoms with Crippen LogP contribution in [0.3, 0.4) is 0 Å². The SMILES string of the molecule is C#CCOc1ccc2ccccc2c1/C=N/S(=O)(=O)c1ccc(C)cc1. The summed E-state index contributed by atoms with van der Waals surface area (Å²) in [5.41, 5.74) is 1.56. The first kappa shape index (κ1) is 17.7. The highest BCUT2D eigenvalue weighted by atomic mass is 32.2. The Labute approximate surface area is 153 Å². The van der Waals surface area contributed by atoms with Gasteiger partial charge in [0.25, 0.3) is 10.0 Å². The Hall–Kier alpha value is -3.10. The summed E-state index contributed by atoms with van der Waals surface area (Å²) < 4.78 is 34.4. The maximum Gasteiger partial charge on any atom is 0.282 e. The van der Waals surface area contributed by atoms with Gasteiger partial charge in [-0.3, -0.25) is 0 Å². The van der Waals surface area contributed by atoms with Crippen molar-refractivity contribution in [2.24, 2.45) is 4.40 Å². The number of ether oxygens (including phenoxy) is 1. The summed E-state index contributed by atoms with van der Waals surface area (Å²) in [6, 6.07) is 17.8. The molecule has 0 radical (unpaired) electrons. The van der Waals surface area contributed by atoms with Crippen molar-refractivity contribution in [1.82, 2.24) is 0 Å². The maximum atomic E-state index is 12.5. The van der Waals surface area contributed by atoms with Crippen LogP contribution in [0.25, 0.3) is 10.8 Å². The molecule has 130 valence electrons. The number of terminal acetylenes is 1. The standard InChI is InChI=1S/C21H17NO3S/c1-3-14-25-21-13-10-17-6-4-5-7-19(17)20(21)15-22-26(23,24)18-11-8-16(2)9-12-18/h1,4-13,15H,14H2,2H3/b22-15+. The van der Waals surface area contributed by atoms with E-state index in [1.54, 1.807) is 30.3 Å². The third-order valence-corrected chi connectivity index (χ3v) is 5.13. The van der Waals surface area contributed by atoms with E-state index in [-0.39, 0.29) is 11.5 Å². The van der Waals surface area contributed by atoms with Crippen LogP contribution < -0.4 is 4.74 Å². The zero-order chi connectivity index (χ0) is 18.6. The number of aryl methyl sites for hydroxylation is 1. The molecule has 3 aromatic carbocycles. The molecule has 0 amide bonds. The van der Waals surface area contributed by atoms with Gasteiger partial charge >= 0.3 is 0 Å². The van der Waals surface area contributed by atoms with E-state index in [1.165, 1.54) is 6.21 Å². The van der Waals surface area contributed by atoms with Gasteiger partial charge in [0.05, 0.1) is 11.1 Å². The maximum absolute atomic E-state index is 12.5. The Morgan fingerprint density at radius 1 is 1.08 bits per heavy atom. The zero-order valence-electron chi connectivity index (χ0n) is 14.2. The molecule has 0 spiro atoms. The van der Waals surface area contributed by atoms with Crippen LogP contribution in [0, 0.1) is 19.3 Å². The van der Waals surface area contributed by atoms with Crippen molar-refractivity contribution in [3.05, 3.63) is 71.8 Å². The second-order valence-electron chi connectivity index (χ2n) is 5.71. The molecular formula is C21H17NO3S. The van der Waals surface area contributed by atoms with Crippen LogP contribution in [0.1, 0.15) is 11.1 Å². The molecule has 0 bridgehead atoms. The minimum absolute atomic E-state index is 0.0872. The lowest BCUT2D eigenvalue weighted by Gasteiger charge is -2.09. The van der Waals surface area contributed by atoms with E-state index in [0.29, 0.717) is 11.3 Å². The van der Waals surface area contributed by atoms with E-state index in [1.807, 2.05) is 37.3 Å². The van der Waals surface area contributed by atoms with E-state index < -0.39 is 10.0 Å². The fourth-order valence-corrected chi connectivity index (χ4v) is 3.39. The van der Waals surface area contributed by atoms with Crippen molar-refractivity contribution in [2.75, 3.05) is 6.61 Å². The number of fused-ring (bicyclic) bond motifs is 1. The summed E-state index contributed by atoms with van der Waals surface area (Å²) in [6.07, 6.45) is 6.59. The molecule has 3 rings (SSSR count). The summed E-state index contributed by atoms with van der Waals surface area (Å²) >= 11 is 0. The molecule has 0 saturated carbocycles. The summed E-state index contributed by atoms with van der Waals surface area (Å²) in [6.45, 7) is 1.98. The molecular weight excluding hydrogens is 346 g/mol. The average Bonchev–Trinajstić information content (AvgIpc) is 2.65. The molecule has 0 aromatic heterocycles. The van der Waals surface area contributed by atoms with Gasteiger partial charge in [-0.1, -0.05) is 53.9 Å². The molecule has 0 aliphatic carbocycles. The Kier molecular flexibility index (Phi) is 5.06. The molecule has 0 unspecified atom stereocenters. The van der Waals surface area contributed by atoms with E-state index in [0.717, 1.165) is 16.3 Å². The van der Waals surface area contributed by atoms with Crippen molar-refractivity contribution in [3.8, 4) is 18.1 Å². The van der Waals surface area contributed by atoms with E-state index in [4.69, 9.17) is 11.2 Å². The number of benzene rings is 3. The van der Waals surface area contributed by atoms with Crippen LogP contribution in [0.5, 0.6) is 5.75 Å². The molecule has 0 atom stereocenters. The van der Waals surface area contributed by atoms with E-state index >= 15 is 0 Å². The van der Waals surface area contributed by atoms with Gasteiger partial charge in [0.15, 0.2) is 0 Å². The topological polar surface area (TPSA) is 55.7 Å². The Morgan fingerprint density at radius 3 is 2.54 bits per heavy atom. The highest BCUT2D eigenvalue weighted by Gasteiger charge is 2.13. The fourth-order valence-electron chi connectivity index (χ4n) is 2.55. The number of sulfonamides is 1. The smallest absolute Gasteiger partial charge is 0.282 e. The fraction of sp³-hybridized carbons (Fsp3) is 0.0952. The van der Waals surface area contributed by atoms with Crippen molar-refractivity contribution >= 4 is 27.0 Å². The lowest BCUT2D eigenvalue weighted by Crippen LogP contribution is -2.01. The van der Waals surface area contributed by atoms with Crippen LogP contribution in [-0.4, -0.2) is 21.2 Å². The number of rotatable bonds is 5. The molecule has 0 fully saturated rings. The third kappa shape index (κ3) is 3.76. The lowest BCUT2D eigenvalue weighted by atomic mass is 10.0. The predicted molar refractivity (Wildman–Crippen MR) is 104 cm³/mol. The summed E-state index contributed by atoms with van der Waals surface area (Å²) in [4.78, 5) is 0.144. The summed E-state index contributed by atoms with van der Waals surface area (Å²) in [5.74, 6) is 2.90. The Morgan fingerprint density at radius 2 is 1.81 bits per heavy atom. The lowest BCUT2D eigenvalue weighted by molar-refractivity contribution is 0.370. The van der Waals surface area contributed by atoms with Crippen LogP contribution in [0.4, 0.5) is 0 Å². The van der Waals surface area contributed by atoms with Gasteiger partial charge in [-0.15, -0.1) is 6.42 Å². The molecule has 0 saturated heterocycles. The van der Waals surface area contributed by atoms with Gasteiger partial charge in [-0.05, 0) is 35.9 Å². The molecule has 4 nitrogen and oxygen atoms in total. The average molecular weight is 363 g/mol. The van der Waals surface area contributed by atoms with Crippen LogP contribution in [0.15, 0.2) is 70.0 Å². The minimum Gasteiger partial charge on any atom is -0.480 e. The summed E-state index contributed by atoms with van der Waals surface area (Å²) in [7, 11) is -3.81. The van der Waals surface area contributed by atoms with Crippen molar-refractivity contribution in [1.29, 1.82) is 0 Å². The molecule has 0 aliphatic rings. The van der Waals surface area contributed by atoms with Gasteiger partial charge in [0, 0.05) is 5.56 Å². The van der Waals surface area contributed by atoms with Gasteiger partial charge < -0.3 is 4.74 Å². The second kappa shape index (κ2) is 7.42. The molecule has 26 heavy (non-hydrogen) atoms. The Balaban J connectivity index is 2.07.